The number of aromatic nitrogens is 1. The normalized spacial score (nSPS) is 10.6. The van der Waals surface area contributed by atoms with Crippen LogP contribution in [0.5, 0.6) is 5.75 Å². The van der Waals surface area contributed by atoms with Crippen molar-refractivity contribution < 1.29 is 18.8 Å². The molecule has 0 unspecified atom stereocenters. The number of nitrogens with one attached hydrogen (secondary N) is 1. The first-order valence-electron chi connectivity index (χ1n) is 12.2. The van der Waals surface area contributed by atoms with Gasteiger partial charge in [-0.25, -0.2) is 4.39 Å². The number of phenolic OH excluding ortho intramolecular Hbond substituents is 1. The molecule has 2 heterocycles. The van der Waals surface area contributed by atoms with Crippen LogP contribution in [0.4, 0.5) is 10.1 Å². The highest BCUT2D eigenvalue weighted by molar-refractivity contribution is 6.32. The van der Waals surface area contributed by atoms with E-state index in [1.54, 1.807) is 37.5 Å². The average Bonchev–Trinajstić information content (AvgIpc) is 3.44. The van der Waals surface area contributed by atoms with Gasteiger partial charge in [0.2, 0.25) is 0 Å². The molecule has 192 valence electrons. The van der Waals surface area contributed by atoms with Crippen LogP contribution in [0.3, 0.4) is 0 Å². The Morgan fingerprint density at radius 3 is 2.03 bits per heavy atom. The number of aromatic hydroxyl groups is 1. The molecule has 1 aliphatic heterocycles. The molecule has 1 aliphatic rings. The number of amides is 1. The third-order valence-corrected chi connectivity index (χ3v) is 4.43. The lowest BCUT2D eigenvalue weighted by Gasteiger charge is -2.09. The molecule has 1 amide bonds. The Bertz CT molecular complexity index is 1080. The van der Waals surface area contributed by atoms with E-state index >= 15 is 0 Å². The largest absolute Gasteiger partial charge is 0.507 e. The monoisotopic (exact) mass is 484 g/mol. The van der Waals surface area contributed by atoms with E-state index in [4.69, 9.17) is 0 Å². The number of rotatable bonds is 1. The molecule has 2 aromatic carbocycles. The summed E-state index contributed by atoms with van der Waals surface area (Å²) < 4.78 is 18.2. The highest BCUT2D eigenvalue weighted by Crippen LogP contribution is 2.41. The standard InChI is InChI=1S/C18H16FNO2.C4H5NO.C3H8.2C2H6/c1-9(2)17-13-7-12(11-5-4-10(3)14(19)6-11)16(21)8-15(13)20-18(17)22;1-4-2-3-6-5-4;1-3-2;2*1-2/h4-8,21H,1-3H3,(H,20,22);2-3H,1H3;3H2,1-2H3;2*1-2H3. The van der Waals surface area contributed by atoms with Crippen LogP contribution < -0.4 is 5.32 Å². The van der Waals surface area contributed by atoms with E-state index in [2.05, 4.69) is 28.8 Å². The number of carbonyl (C=O) groups excluding carboxylic acids is 1. The highest BCUT2D eigenvalue weighted by atomic mass is 19.1. The van der Waals surface area contributed by atoms with Crippen LogP contribution in [0.25, 0.3) is 16.7 Å². The van der Waals surface area contributed by atoms with Crippen molar-refractivity contribution in [2.24, 2.45) is 0 Å². The number of allylic oxidation sites excluding steroid dienone is 1. The van der Waals surface area contributed by atoms with E-state index in [9.17, 15) is 14.3 Å². The predicted molar refractivity (Wildman–Crippen MR) is 145 cm³/mol. The number of phenols is 1. The minimum absolute atomic E-state index is 0.0114. The summed E-state index contributed by atoms with van der Waals surface area (Å²) in [5.41, 5.74) is 5.37. The second-order valence-corrected chi connectivity index (χ2v) is 7.56. The summed E-state index contributed by atoms with van der Waals surface area (Å²) in [6.07, 6.45) is 2.80. The van der Waals surface area contributed by atoms with Gasteiger partial charge in [0.05, 0.1) is 11.4 Å². The number of fused-ring (bicyclic) bond motifs is 1. The second kappa shape index (κ2) is 16.3. The molecule has 0 bridgehead atoms. The fourth-order valence-electron chi connectivity index (χ4n) is 2.97. The van der Waals surface area contributed by atoms with E-state index < -0.39 is 0 Å². The molecule has 3 aromatic rings. The molecule has 0 radical (unpaired) electrons. The Balaban J connectivity index is 0.000000740. The van der Waals surface area contributed by atoms with E-state index in [1.807, 2.05) is 48.5 Å². The molecule has 35 heavy (non-hydrogen) atoms. The Labute approximate surface area is 210 Å². The molecule has 1 aromatic heterocycles. The van der Waals surface area contributed by atoms with Gasteiger partial charge in [-0.1, -0.05) is 70.8 Å². The Morgan fingerprint density at radius 1 is 1.00 bits per heavy atom. The lowest BCUT2D eigenvalue weighted by molar-refractivity contribution is -0.110. The van der Waals surface area contributed by atoms with Gasteiger partial charge >= 0.3 is 0 Å². The third-order valence-electron chi connectivity index (χ3n) is 4.43. The summed E-state index contributed by atoms with van der Waals surface area (Å²) in [6.45, 7) is 19.5. The molecule has 5 nitrogen and oxygen atoms in total. The zero-order valence-corrected chi connectivity index (χ0v) is 22.8. The predicted octanol–water partition coefficient (Wildman–Crippen LogP) is 8.70. The molecular weight excluding hydrogens is 443 g/mol. The fraction of sp³-hybridized carbons (Fsp3) is 0.379. The lowest BCUT2D eigenvalue weighted by atomic mass is 9.96. The smallest absolute Gasteiger partial charge is 0.256 e. The number of aryl methyl sites for hydroxylation is 2. The molecule has 0 saturated carbocycles. The van der Waals surface area contributed by atoms with Gasteiger partial charge in [-0.2, -0.15) is 0 Å². The van der Waals surface area contributed by atoms with Crippen molar-refractivity contribution in [2.45, 2.75) is 75.7 Å². The van der Waals surface area contributed by atoms with E-state index in [1.165, 1.54) is 18.6 Å². The van der Waals surface area contributed by atoms with Gasteiger partial charge in [0, 0.05) is 28.8 Å². The first kappa shape index (κ1) is 31.6. The van der Waals surface area contributed by atoms with Crippen LogP contribution in [0.1, 0.15) is 78.6 Å². The average molecular weight is 485 g/mol. The number of anilines is 1. The zero-order valence-electron chi connectivity index (χ0n) is 22.8. The molecule has 0 spiro atoms. The Hall–Kier alpha value is -3.41. The number of benzene rings is 2. The molecule has 0 saturated heterocycles. The zero-order chi connectivity index (χ0) is 27.1. The second-order valence-electron chi connectivity index (χ2n) is 7.56. The number of carbonyl (C=O) groups is 1. The van der Waals surface area contributed by atoms with Gasteiger partial charge < -0.3 is 14.9 Å². The van der Waals surface area contributed by atoms with Crippen molar-refractivity contribution in [2.75, 3.05) is 5.32 Å². The third kappa shape index (κ3) is 9.04. The SMILES string of the molecule is CC.CC.CC(C)=C1C(=O)Nc2cc(O)c(-c3ccc(C)c(F)c3)cc21.CCC.Cc1ccon1. The molecule has 4 rings (SSSR count). The molecule has 0 fully saturated rings. The van der Waals surface area contributed by atoms with Gasteiger partial charge in [0.25, 0.3) is 5.91 Å². The van der Waals surface area contributed by atoms with Crippen molar-refractivity contribution in [1.82, 2.24) is 5.16 Å². The first-order chi connectivity index (χ1) is 16.7. The van der Waals surface area contributed by atoms with Crippen molar-refractivity contribution in [3.63, 3.8) is 0 Å². The summed E-state index contributed by atoms with van der Waals surface area (Å²) in [4.78, 5) is 12.0. The van der Waals surface area contributed by atoms with Gasteiger partial charge in [0.15, 0.2) is 0 Å². The van der Waals surface area contributed by atoms with Crippen molar-refractivity contribution in [3.8, 4) is 16.9 Å². The van der Waals surface area contributed by atoms with Gasteiger partial charge in [-0.15, -0.1) is 0 Å². The molecule has 0 aliphatic carbocycles. The minimum Gasteiger partial charge on any atom is -0.507 e. The molecule has 0 atom stereocenters. The van der Waals surface area contributed by atoms with Crippen LogP contribution in [0, 0.1) is 19.7 Å². The molecular formula is C29H41FN2O3. The van der Waals surface area contributed by atoms with Crippen molar-refractivity contribution >= 4 is 17.2 Å². The van der Waals surface area contributed by atoms with Crippen molar-refractivity contribution in [1.29, 1.82) is 0 Å². The number of nitrogens with zero attached hydrogens (tertiary/aromatic N) is 1. The number of halogens is 1. The van der Waals surface area contributed by atoms with E-state index in [0.717, 1.165) is 16.8 Å². The minimum atomic E-state index is -0.325. The maximum absolute atomic E-state index is 13.8. The highest BCUT2D eigenvalue weighted by Gasteiger charge is 2.27. The van der Waals surface area contributed by atoms with Crippen LogP contribution in [0.2, 0.25) is 0 Å². The summed E-state index contributed by atoms with van der Waals surface area (Å²) in [6, 6.07) is 9.86. The Kier molecular flexibility index (Phi) is 14.7. The molecule has 2 N–H and O–H groups in total. The first-order valence-corrected chi connectivity index (χ1v) is 12.2. The van der Waals surface area contributed by atoms with Crippen molar-refractivity contribution in [3.05, 3.63) is 70.9 Å². The summed E-state index contributed by atoms with van der Waals surface area (Å²) in [5.74, 6) is -0.493. The summed E-state index contributed by atoms with van der Waals surface area (Å²) in [7, 11) is 0. The van der Waals surface area contributed by atoms with Crippen LogP contribution in [-0.4, -0.2) is 16.2 Å². The van der Waals surface area contributed by atoms with Crippen LogP contribution in [0.15, 0.2) is 52.8 Å². The van der Waals surface area contributed by atoms with Crippen LogP contribution >= 0.6 is 0 Å². The van der Waals surface area contributed by atoms with Crippen LogP contribution in [-0.2, 0) is 4.79 Å². The lowest BCUT2D eigenvalue weighted by Crippen LogP contribution is -2.04. The fourth-order valence-corrected chi connectivity index (χ4v) is 2.97. The van der Waals surface area contributed by atoms with Gasteiger partial charge in [-0.05, 0) is 51.0 Å². The van der Waals surface area contributed by atoms with Gasteiger partial charge in [0.1, 0.15) is 17.8 Å². The topological polar surface area (TPSA) is 75.4 Å². The number of hydrogen-bond acceptors (Lipinski definition) is 4. The maximum atomic E-state index is 13.8. The Morgan fingerprint density at radius 2 is 1.60 bits per heavy atom. The number of hydrogen-bond donors (Lipinski definition) is 2. The van der Waals surface area contributed by atoms with E-state index in [-0.39, 0.29) is 17.5 Å². The quantitative estimate of drug-likeness (QED) is 0.339. The maximum Gasteiger partial charge on any atom is 0.256 e. The van der Waals surface area contributed by atoms with Gasteiger partial charge in [-0.3, -0.25) is 4.79 Å². The summed E-state index contributed by atoms with van der Waals surface area (Å²) in [5, 5.41) is 16.5. The summed E-state index contributed by atoms with van der Waals surface area (Å²) >= 11 is 0. The van der Waals surface area contributed by atoms with E-state index in [0.29, 0.717) is 28.0 Å². The molecule has 6 heteroatoms.